The van der Waals surface area contributed by atoms with Crippen molar-refractivity contribution in [2.24, 2.45) is 11.3 Å². The van der Waals surface area contributed by atoms with Crippen LogP contribution < -0.4 is 5.32 Å². The van der Waals surface area contributed by atoms with Crippen LogP contribution in [-0.4, -0.2) is 43.3 Å². The molecule has 0 amide bonds. The van der Waals surface area contributed by atoms with Crippen LogP contribution in [-0.2, 0) is 0 Å². The van der Waals surface area contributed by atoms with Gasteiger partial charge in [-0.2, -0.15) is 13.2 Å². The first-order chi connectivity index (χ1) is 9.81. The molecule has 1 saturated heterocycles. The summed E-state index contributed by atoms with van der Waals surface area (Å²) in [5.41, 5.74) is 0.192. The van der Waals surface area contributed by atoms with Crippen LogP contribution in [0.25, 0.3) is 0 Å². The zero-order valence-corrected chi connectivity index (χ0v) is 13.3. The number of likely N-dealkylation sites (tertiary alicyclic amines) is 1. The summed E-state index contributed by atoms with van der Waals surface area (Å²) in [7, 11) is 0. The van der Waals surface area contributed by atoms with E-state index in [0.29, 0.717) is 18.9 Å². The molecule has 1 aliphatic heterocycles. The number of alkyl halides is 3. The number of rotatable bonds is 5. The smallest absolute Gasteiger partial charge is 0.314 e. The van der Waals surface area contributed by atoms with Crippen molar-refractivity contribution in [2.45, 2.75) is 64.6 Å². The highest BCUT2D eigenvalue weighted by Crippen LogP contribution is 2.40. The maximum absolute atomic E-state index is 12.9. The van der Waals surface area contributed by atoms with Gasteiger partial charge >= 0.3 is 6.18 Å². The Labute approximate surface area is 126 Å². The van der Waals surface area contributed by atoms with Crippen LogP contribution in [0.2, 0.25) is 0 Å². The molecule has 1 atom stereocenters. The highest BCUT2D eigenvalue weighted by atomic mass is 19.4. The van der Waals surface area contributed by atoms with Crippen molar-refractivity contribution in [3.8, 4) is 0 Å². The first-order valence-electron chi connectivity index (χ1n) is 8.33. The molecule has 0 aromatic carbocycles. The molecule has 124 valence electrons. The second-order valence-electron chi connectivity index (χ2n) is 7.36. The van der Waals surface area contributed by atoms with Gasteiger partial charge in [-0.15, -0.1) is 0 Å². The van der Waals surface area contributed by atoms with Gasteiger partial charge in [-0.05, 0) is 37.6 Å². The third kappa shape index (κ3) is 4.85. The molecule has 1 saturated carbocycles. The molecule has 1 heterocycles. The third-order valence-corrected chi connectivity index (χ3v) is 5.08. The summed E-state index contributed by atoms with van der Waals surface area (Å²) in [5.74, 6) is -1.12. The lowest BCUT2D eigenvalue weighted by Gasteiger charge is -2.40. The molecule has 0 bridgehead atoms. The Morgan fingerprint density at radius 3 is 2.43 bits per heavy atom. The zero-order chi connectivity index (χ0) is 15.5. The van der Waals surface area contributed by atoms with E-state index in [-0.39, 0.29) is 12.0 Å². The molecule has 2 aliphatic rings. The summed E-state index contributed by atoms with van der Waals surface area (Å²) in [6.45, 7) is 7.06. The van der Waals surface area contributed by atoms with Crippen molar-refractivity contribution in [1.82, 2.24) is 10.2 Å². The molecule has 1 unspecified atom stereocenters. The number of hydrogen-bond acceptors (Lipinski definition) is 2. The topological polar surface area (TPSA) is 15.3 Å². The van der Waals surface area contributed by atoms with Gasteiger partial charge in [0, 0.05) is 25.7 Å². The van der Waals surface area contributed by atoms with Crippen molar-refractivity contribution in [3.05, 3.63) is 0 Å². The Morgan fingerprint density at radius 1 is 1.19 bits per heavy atom. The molecule has 2 rings (SSSR count). The van der Waals surface area contributed by atoms with Gasteiger partial charge in [-0.1, -0.05) is 26.7 Å². The number of nitrogens with zero attached hydrogens (tertiary/aromatic N) is 1. The number of nitrogens with one attached hydrogen (secondary N) is 1. The lowest BCUT2D eigenvalue weighted by Crippen LogP contribution is -2.49. The van der Waals surface area contributed by atoms with Gasteiger partial charge in [0.25, 0.3) is 0 Å². The maximum atomic E-state index is 12.9. The van der Waals surface area contributed by atoms with Crippen molar-refractivity contribution in [1.29, 1.82) is 0 Å². The lowest BCUT2D eigenvalue weighted by atomic mass is 9.84. The van der Waals surface area contributed by atoms with Crippen LogP contribution in [0.1, 0.15) is 52.4 Å². The van der Waals surface area contributed by atoms with E-state index in [1.54, 1.807) is 0 Å². The largest absolute Gasteiger partial charge is 0.393 e. The fourth-order valence-electron chi connectivity index (χ4n) is 3.88. The summed E-state index contributed by atoms with van der Waals surface area (Å²) in [6.07, 6.45) is 1.69. The fourth-order valence-corrected chi connectivity index (χ4v) is 3.88. The number of hydrogen-bond donors (Lipinski definition) is 1. The highest BCUT2D eigenvalue weighted by Gasteiger charge is 2.43. The van der Waals surface area contributed by atoms with Gasteiger partial charge in [0.05, 0.1) is 5.92 Å². The van der Waals surface area contributed by atoms with Crippen LogP contribution in [0.4, 0.5) is 13.2 Å². The molecule has 1 N–H and O–H groups in total. The van der Waals surface area contributed by atoms with Gasteiger partial charge in [-0.25, -0.2) is 0 Å². The summed E-state index contributed by atoms with van der Waals surface area (Å²) in [5, 5.41) is 3.51. The maximum Gasteiger partial charge on any atom is 0.393 e. The third-order valence-electron chi connectivity index (χ3n) is 5.08. The molecule has 0 aromatic heterocycles. The average Bonchev–Trinajstić information content (AvgIpc) is 2.85. The van der Waals surface area contributed by atoms with Gasteiger partial charge < -0.3 is 10.2 Å². The first-order valence-corrected chi connectivity index (χ1v) is 8.33. The minimum absolute atomic E-state index is 0.192. The van der Waals surface area contributed by atoms with E-state index in [9.17, 15) is 13.2 Å². The predicted octanol–water partition coefficient (Wildman–Crippen LogP) is 3.82. The van der Waals surface area contributed by atoms with E-state index in [1.807, 2.05) is 0 Å². The van der Waals surface area contributed by atoms with E-state index in [4.69, 9.17) is 0 Å². The van der Waals surface area contributed by atoms with Crippen molar-refractivity contribution < 1.29 is 13.2 Å². The predicted molar refractivity (Wildman–Crippen MR) is 79.3 cm³/mol. The van der Waals surface area contributed by atoms with E-state index >= 15 is 0 Å². The summed E-state index contributed by atoms with van der Waals surface area (Å²) < 4.78 is 38.8. The monoisotopic (exact) mass is 306 g/mol. The van der Waals surface area contributed by atoms with E-state index in [1.165, 1.54) is 12.8 Å². The lowest BCUT2D eigenvalue weighted by molar-refractivity contribution is -0.187. The standard InChI is InChI=1S/C16H29F3N2/c1-13(2)20-11-15(7-3-4-8-15)12-21-9-5-6-14(10-21)16(17,18)19/h13-14,20H,3-12H2,1-2H3. The van der Waals surface area contributed by atoms with Gasteiger partial charge in [0.15, 0.2) is 0 Å². The zero-order valence-electron chi connectivity index (χ0n) is 13.3. The first kappa shape index (κ1) is 17.1. The summed E-state index contributed by atoms with van der Waals surface area (Å²) in [6, 6.07) is 0.437. The number of piperidine rings is 1. The fraction of sp³-hybridized carbons (Fsp3) is 1.00. The van der Waals surface area contributed by atoms with E-state index in [0.717, 1.165) is 32.5 Å². The molecule has 0 spiro atoms. The molecule has 2 fully saturated rings. The van der Waals surface area contributed by atoms with Crippen LogP contribution in [0.3, 0.4) is 0 Å². The SMILES string of the molecule is CC(C)NCC1(CN2CCCC(C(F)(F)F)C2)CCCC1. The number of halogens is 3. The second-order valence-corrected chi connectivity index (χ2v) is 7.36. The molecular formula is C16H29F3N2. The molecular weight excluding hydrogens is 277 g/mol. The molecule has 5 heteroatoms. The van der Waals surface area contributed by atoms with E-state index < -0.39 is 12.1 Å². The van der Waals surface area contributed by atoms with Crippen LogP contribution in [0.15, 0.2) is 0 Å². The molecule has 0 radical (unpaired) electrons. The Morgan fingerprint density at radius 2 is 1.86 bits per heavy atom. The van der Waals surface area contributed by atoms with Crippen LogP contribution in [0.5, 0.6) is 0 Å². The Balaban J connectivity index is 1.93. The second kappa shape index (κ2) is 6.86. The van der Waals surface area contributed by atoms with E-state index in [2.05, 4.69) is 24.1 Å². The molecule has 1 aliphatic carbocycles. The molecule has 21 heavy (non-hydrogen) atoms. The van der Waals surface area contributed by atoms with Gasteiger partial charge in [-0.3, -0.25) is 0 Å². The van der Waals surface area contributed by atoms with Crippen molar-refractivity contribution in [3.63, 3.8) is 0 Å². The van der Waals surface area contributed by atoms with Gasteiger partial charge in [0.2, 0.25) is 0 Å². The molecule has 0 aromatic rings. The average molecular weight is 306 g/mol. The Hall–Kier alpha value is -0.290. The normalized spacial score (nSPS) is 27.4. The van der Waals surface area contributed by atoms with Crippen LogP contribution in [0, 0.1) is 11.3 Å². The Kier molecular flexibility index (Phi) is 5.58. The summed E-state index contributed by atoms with van der Waals surface area (Å²) in [4.78, 5) is 2.08. The van der Waals surface area contributed by atoms with Crippen molar-refractivity contribution in [2.75, 3.05) is 26.2 Å². The minimum Gasteiger partial charge on any atom is -0.314 e. The molecule has 2 nitrogen and oxygen atoms in total. The Bertz CT molecular complexity index is 322. The van der Waals surface area contributed by atoms with Crippen LogP contribution >= 0.6 is 0 Å². The quantitative estimate of drug-likeness (QED) is 0.830. The summed E-state index contributed by atoms with van der Waals surface area (Å²) >= 11 is 0. The highest BCUT2D eigenvalue weighted by molar-refractivity contribution is 4.91. The van der Waals surface area contributed by atoms with Crippen molar-refractivity contribution >= 4 is 0 Å². The minimum atomic E-state index is -4.03. The van der Waals surface area contributed by atoms with Gasteiger partial charge in [0.1, 0.15) is 0 Å².